The van der Waals surface area contributed by atoms with E-state index >= 15 is 0 Å². The molecule has 0 aliphatic heterocycles. The van der Waals surface area contributed by atoms with Gasteiger partial charge in [0.25, 0.3) is 0 Å². The van der Waals surface area contributed by atoms with Crippen LogP contribution in [-0.2, 0) is 17.8 Å². The molecule has 1 rings (SSSR count). The number of hydrogen-bond donors (Lipinski definition) is 1. The van der Waals surface area contributed by atoms with Crippen molar-refractivity contribution in [3.05, 3.63) is 35.4 Å². The summed E-state index contributed by atoms with van der Waals surface area (Å²) in [6.45, 7) is 2.75. The van der Waals surface area contributed by atoms with Crippen molar-refractivity contribution >= 4 is 5.97 Å². The Labute approximate surface area is 109 Å². The Morgan fingerprint density at radius 3 is 2.28 bits per heavy atom. The minimum atomic E-state index is -0.779. The van der Waals surface area contributed by atoms with Crippen LogP contribution in [0.15, 0.2) is 24.3 Å². The van der Waals surface area contributed by atoms with Crippen molar-refractivity contribution in [2.24, 2.45) is 0 Å². The molecule has 100 valence electrons. The van der Waals surface area contributed by atoms with E-state index in [1.165, 1.54) is 0 Å². The van der Waals surface area contributed by atoms with Crippen LogP contribution in [-0.4, -0.2) is 55.1 Å². The SMILES string of the molecule is CN(C)CCN(C)Cc1ccccc1CC(=O)O. The van der Waals surface area contributed by atoms with Crippen molar-refractivity contribution in [1.29, 1.82) is 0 Å². The number of carboxylic acids is 1. The molecule has 4 nitrogen and oxygen atoms in total. The highest BCUT2D eigenvalue weighted by molar-refractivity contribution is 5.70. The van der Waals surface area contributed by atoms with Gasteiger partial charge < -0.3 is 14.9 Å². The smallest absolute Gasteiger partial charge is 0.307 e. The van der Waals surface area contributed by atoms with E-state index in [4.69, 9.17) is 5.11 Å². The fourth-order valence-corrected chi connectivity index (χ4v) is 1.79. The Morgan fingerprint density at radius 1 is 1.11 bits per heavy atom. The van der Waals surface area contributed by atoms with Crippen LogP contribution in [0.5, 0.6) is 0 Å². The summed E-state index contributed by atoms with van der Waals surface area (Å²) < 4.78 is 0. The van der Waals surface area contributed by atoms with Gasteiger partial charge in [0.1, 0.15) is 0 Å². The highest BCUT2D eigenvalue weighted by atomic mass is 16.4. The monoisotopic (exact) mass is 250 g/mol. The van der Waals surface area contributed by atoms with E-state index in [-0.39, 0.29) is 6.42 Å². The maximum Gasteiger partial charge on any atom is 0.307 e. The summed E-state index contributed by atoms with van der Waals surface area (Å²) in [5.41, 5.74) is 2.00. The lowest BCUT2D eigenvalue weighted by atomic mass is 10.0. The summed E-state index contributed by atoms with van der Waals surface area (Å²) in [5.74, 6) is -0.779. The summed E-state index contributed by atoms with van der Waals surface area (Å²) in [6, 6.07) is 7.75. The molecule has 1 N–H and O–H groups in total. The Bertz CT molecular complexity index is 391. The molecule has 0 saturated heterocycles. The minimum absolute atomic E-state index is 0.0949. The summed E-state index contributed by atoms with van der Waals surface area (Å²) in [6.07, 6.45) is 0.0949. The highest BCUT2D eigenvalue weighted by Crippen LogP contribution is 2.11. The van der Waals surface area contributed by atoms with Crippen molar-refractivity contribution in [2.75, 3.05) is 34.2 Å². The van der Waals surface area contributed by atoms with E-state index in [0.29, 0.717) is 0 Å². The number of benzene rings is 1. The third-order valence-corrected chi connectivity index (χ3v) is 2.83. The Morgan fingerprint density at radius 2 is 1.72 bits per heavy atom. The third-order valence-electron chi connectivity index (χ3n) is 2.83. The predicted molar refractivity (Wildman–Crippen MR) is 72.7 cm³/mol. The van der Waals surface area contributed by atoms with Gasteiger partial charge in [0.2, 0.25) is 0 Å². The van der Waals surface area contributed by atoms with E-state index in [1.807, 2.05) is 38.4 Å². The maximum atomic E-state index is 10.8. The number of likely N-dealkylation sites (N-methyl/N-ethyl adjacent to an activating group) is 2. The molecule has 4 heteroatoms. The molecule has 0 saturated carbocycles. The minimum Gasteiger partial charge on any atom is -0.481 e. The summed E-state index contributed by atoms with van der Waals surface area (Å²) in [4.78, 5) is 15.1. The molecule has 0 amide bonds. The van der Waals surface area contributed by atoms with Gasteiger partial charge in [-0.2, -0.15) is 0 Å². The highest BCUT2D eigenvalue weighted by Gasteiger charge is 2.08. The van der Waals surface area contributed by atoms with Crippen LogP contribution in [0.4, 0.5) is 0 Å². The van der Waals surface area contributed by atoms with Crippen LogP contribution >= 0.6 is 0 Å². The fourth-order valence-electron chi connectivity index (χ4n) is 1.79. The third kappa shape index (κ3) is 5.29. The zero-order valence-electron chi connectivity index (χ0n) is 11.4. The quantitative estimate of drug-likeness (QED) is 0.792. The van der Waals surface area contributed by atoms with E-state index < -0.39 is 5.97 Å². The summed E-state index contributed by atoms with van der Waals surface area (Å²) >= 11 is 0. The van der Waals surface area contributed by atoms with Gasteiger partial charge in [-0.25, -0.2) is 0 Å². The van der Waals surface area contributed by atoms with E-state index in [1.54, 1.807) is 0 Å². The number of nitrogens with zero attached hydrogens (tertiary/aromatic N) is 2. The number of aliphatic carboxylic acids is 1. The molecule has 0 bridgehead atoms. The Hall–Kier alpha value is -1.39. The maximum absolute atomic E-state index is 10.8. The van der Waals surface area contributed by atoms with E-state index in [2.05, 4.69) is 16.8 Å². The molecule has 0 unspecified atom stereocenters. The first-order valence-electron chi connectivity index (χ1n) is 6.11. The molecular weight excluding hydrogens is 228 g/mol. The fraction of sp³-hybridized carbons (Fsp3) is 0.500. The van der Waals surface area contributed by atoms with Crippen LogP contribution in [0.1, 0.15) is 11.1 Å². The molecule has 0 heterocycles. The Balaban J connectivity index is 2.62. The molecular formula is C14H22N2O2. The molecule has 0 spiro atoms. The van der Waals surface area contributed by atoms with Gasteiger partial charge in [-0.15, -0.1) is 0 Å². The van der Waals surface area contributed by atoms with E-state index in [0.717, 1.165) is 30.8 Å². The van der Waals surface area contributed by atoms with Crippen LogP contribution in [0.25, 0.3) is 0 Å². The number of carboxylic acid groups (broad SMARTS) is 1. The summed E-state index contributed by atoms with van der Waals surface area (Å²) in [5, 5.41) is 8.88. The Kier molecular flexibility index (Phi) is 5.82. The van der Waals surface area contributed by atoms with Gasteiger partial charge in [-0.05, 0) is 32.3 Å². The number of rotatable bonds is 7. The van der Waals surface area contributed by atoms with Gasteiger partial charge in [0.05, 0.1) is 6.42 Å². The normalized spacial score (nSPS) is 11.2. The van der Waals surface area contributed by atoms with E-state index in [9.17, 15) is 4.79 Å². The average Bonchev–Trinajstić information content (AvgIpc) is 2.28. The van der Waals surface area contributed by atoms with Gasteiger partial charge >= 0.3 is 5.97 Å². The molecule has 0 aliphatic rings. The van der Waals surface area contributed by atoms with Crippen molar-refractivity contribution in [3.63, 3.8) is 0 Å². The van der Waals surface area contributed by atoms with Gasteiger partial charge in [-0.1, -0.05) is 24.3 Å². The van der Waals surface area contributed by atoms with Gasteiger partial charge in [0, 0.05) is 19.6 Å². The molecule has 1 aromatic carbocycles. The largest absolute Gasteiger partial charge is 0.481 e. The zero-order valence-corrected chi connectivity index (χ0v) is 11.4. The standard InChI is InChI=1S/C14H22N2O2/c1-15(2)8-9-16(3)11-13-7-5-4-6-12(13)10-14(17)18/h4-7H,8-11H2,1-3H3,(H,17,18). The lowest BCUT2D eigenvalue weighted by Gasteiger charge is -2.20. The zero-order chi connectivity index (χ0) is 13.5. The first-order valence-corrected chi connectivity index (χ1v) is 6.11. The molecule has 0 atom stereocenters. The second-order valence-electron chi connectivity index (χ2n) is 4.88. The second-order valence-corrected chi connectivity index (χ2v) is 4.88. The number of hydrogen-bond acceptors (Lipinski definition) is 3. The van der Waals surface area contributed by atoms with Crippen LogP contribution in [0, 0.1) is 0 Å². The topological polar surface area (TPSA) is 43.8 Å². The van der Waals surface area contributed by atoms with Crippen molar-refractivity contribution in [2.45, 2.75) is 13.0 Å². The van der Waals surface area contributed by atoms with Crippen LogP contribution in [0.3, 0.4) is 0 Å². The molecule has 0 fully saturated rings. The lowest BCUT2D eigenvalue weighted by molar-refractivity contribution is -0.136. The van der Waals surface area contributed by atoms with Crippen molar-refractivity contribution in [3.8, 4) is 0 Å². The molecule has 0 aromatic heterocycles. The predicted octanol–water partition coefficient (Wildman–Crippen LogP) is 1.31. The van der Waals surface area contributed by atoms with Gasteiger partial charge in [0.15, 0.2) is 0 Å². The van der Waals surface area contributed by atoms with Gasteiger partial charge in [-0.3, -0.25) is 4.79 Å². The average molecular weight is 250 g/mol. The molecule has 0 aliphatic carbocycles. The summed E-state index contributed by atoms with van der Waals surface area (Å²) in [7, 11) is 6.15. The van der Waals surface area contributed by atoms with Crippen molar-refractivity contribution < 1.29 is 9.90 Å². The lowest BCUT2D eigenvalue weighted by Crippen LogP contribution is -2.28. The molecule has 0 radical (unpaired) electrons. The van der Waals surface area contributed by atoms with Crippen LogP contribution in [0.2, 0.25) is 0 Å². The molecule has 1 aromatic rings. The first kappa shape index (κ1) is 14.7. The second kappa shape index (κ2) is 7.13. The number of carbonyl (C=O) groups is 1. The first-order chi connectivity index (χ1) is 8.49. The van der Waals surface area contributed by atoms with Crippen molar-refractivity contribution in [1.82, 2.24) is 9.80 Å². The molecule has 18 heavy (non-hydrogen) atoms. The van der Waals surface area contributed by atoms with Crippen LogP contribution < -0.4 is 0 Å².